The number of benzene rings is 7. The van der Waals surface area contributed by atoms with Gasteiger partial charge in [-0.3, -0.25) is 0 Å². The fourth-order valence-electron chi connectivity index (χ4n) is 8.46. The number of hydrogen-bond acceptors (Lipinski definition) is 3. The first kappa shape index (κ1) is 38.6. The number of rotatable bonds is 8. The SMILES string of the molecule is CC(C)(C)c1cc(-c2ccccc2)c(-n2[c](=[Pt])n(-c3[c-]c(Oc4[c-]c5c(cc4-c4ccccc4)CCCN5c4ccccn4)ccc3)c3ccccc32)c(-c2ccccc2)c1. The Morgan fingerprint density at radius 1 is 0.607 bits per heavy atom. The summed E-state index contributed by atoms with van der Waals surface area (Å²) in [5, 5.41) is 0. The fourth-order valence-corrected chi connectivity index (χ4v) is 9.54. The summed E-state index contributed by atoms with van der Waals surface area (Å²) in [4.78, 5) is 6.97. The van der Waals surface area contributed by atoms with Crippen molar-refractivity contribution in [3.05, 3.63) is 203 Å². The Kier molecular flexibility index (Phi) is 10.2. The fraction of sp³-hybridized carbons (Fsp3) is 0.127. The molecule has 0 fully saturated rings. The van der Waals surface area contributed by atoms with Gasteiger partial charge in [0.1, 0.15) is 0 Å². The Balaban J connectivity index is 1.15. The zero-order chi connectivity index (χ0) is 41.5. The number of aryl methyl sites for hydroxylation is 1. The van der Waals surface area contributed by atoms with Gasteiger partial charge in [-0.1, -0.05) is 6.07 Å². The Labute approximate surface area is 368 Å². The molecule has 0 atom stereocenters. The molecule has 302 valence electrons. The van der Waals surface area contributed by atoms with Crippen molar-refractivity contribution in [3.8, 4) is 56.3 Å². The van der Waals surface area contributed by atoms with Gasteiger partial charge in [-0.25, -0.2) is 0 Å². The minimum absolute atomic E-state index is 0.0699. The van der Waals surface area contributed by atoms with Crippen LogP contribution in [-0.2, 0) is 31.2 Å². The van der Waals surface area contributed by atoms with Gasteiger partial charge in [0.25, 0.3) is 0 Å². The van der Waals surface area contributed by atoms with E-state index in [0.29, 0.717) is 11.5 Å². The van der Waals surface area contributed by atoms with E-state index in [-0.39, 0.29) is 5.41 Å². The molecule has 0 saturated heterocycles. The van der Waals surface area contributed by atoms with E-state index in [0.717, 1.165) is 68.2 Å². The summed E-state index contributed by atoms with van der Waals surface area (Å²) in [7, 11) is 0. The van der Waals surface area contributed by atoms with Gasteiger partial charge in [-0.05, 0) is 6.07 Å². The molecule has 0 amide bonds. The summed E-state index contributed by atoms with van der Waals surface area (Å²) in [5.41, 5.74) is 14.4. The van der Waals surface area contributed by atoms with Gasteiger partial charge in [0, 0.05) is 6.20 Å². The predicted octanol–water partition coefficient (Wildman–Crippen LogP) is 13.7. The average molecular weight is 972 g/mol. The first-order valence-electron chi connectivity index (χ1n) is 20.8. The van der Waals surface area contributed by atoms with Crippen LogP contribution in [0.3, 0.4) is 0 Å². The second-order valence-electron chi connectivity index (χ2n) is 16.5. The van der Waals surface area contributed by atoms with E-state index in [4.69, 9.17) is 9.72 Å². The molecule has 61 heavy (non-hydrogen) atoms. The van der Waals surface area contributed by atoms with Gasteiger partial charge in [-0.15, -0.1) is 0 Å². The molecule has 0 bridgehead atoms. The van der Waals surface area contributed by atoms with Crippen LogP contribution in [0.2, 0.25) is 0 Å². The number of nitrogens with zero attached hydrogens (tertiary/aromatic N) is 4. The van der Waals surface area contributed by atoms with Crippen molar-refractivity contribution in [2.75, 3.05) is 11.4 Å². The van der Waals surface area contributed by atoms with Crippen LogP contribution in [0.5, 0.6) is 11.5 Å². The molecular formula is C55H44N4OPt-2. The Morgan fingerprint density at radius 2 is 1.20 bits per heavy atom. The van der Waals surface area contributed by atoms with Crippen molar-refractivity contribution in [2.45, 2.75) is 39.0 Å². The van der Waals surface area contributed by atoms with Crippen molar-refractivity contribution in [1.29, 1.82) is 0 Å². The number of imidazole rings is 1. The molecule has 1 aliphatic rings. The molecule has 0 unspecified atom stereocenters. The van der Waals surface area contributed by atoms with Gasteiger partial charge in [-0.2, -0.15) is 0 Å². The summed E-state index contributed by atoms with van der Waals surface area (Å²) >= 11 is 2.50. The quantitative estimate of drug-likeness (QED) is 0.142. The summed E-state index contributed by atoms with van der Waals surface area (Å²) in [6.07, 6.45) is 3.85. The molecule has 3 heterocycles. The zero-order valence-electron chi connectivity index (χ0n) is 34.4. The van der Waals surface area contributed by atoms with E-state index >= 15 is 0 Å². The molecule has 6 heteroatoms. The van der Waals surface area contributed by atoms with E-state index in [9.17, 15) is 0 Å². The molecule has 10 rings (SSSR count). The van der Waals surface area contributed by atoms with Crippen molar-refractivity contribution < 1.29 is 24.1 Å². The third-order valence-corrected chi connectivity index (χ3v) is 12.5. The molecule has 0 radical (unpaired) electrons. The van der Waals surface area contributed by atoms with Crippen molar-refractivity contribution in [2.24, 2.45) is 0 Å². The molecular weight excluding hydrogens is 928 g/mol. The van der Waals surface area contributed by atoms with Gasteiger partial charge in [0.05, 0.1) is 0 Å². The van der Waals surface area contributed by atoms with Crippen molar-refractivity contribution >= 4 is 22.5 Å². The van der Waals surface area contributed by atoms with Gasteiger partial charge >= 0.3 is 352 Å². The van der Waals surface area contributed by atoms with Crippen LogP contribution >= 0.6 is 0 Å². The molecule has 0 spiro atoms. The first-order chi connectivity index (χ1) is 29.8. The number of aromatic nitrogens is 3. The van der Waals surface area contributed by atoms with Crippen LogP contribution in [-0.4, -0.2) is 20.7 Å². The second kappa shape index (κ2) is 16.1. The summed E-state index contributed by atoms with van der Waals surface area (Å²) in [6.45, 7) is 7.74. The van der Waals surface area contributed by atoms with Crippen molar-refractivity contribution in [1.82, 2.24) is 14.1 Å². The molecule has 0 aliphatic carbocycles. The summed E-state index contributed by atoms with van der Waals surface area (Å²) in [6, 6.07) is 67.4. The van der Waals surface area contributed by atoms with Crippen LogP contribution in [0.1, 0.15) is 38.3 Å². The average Bonchev–Trinajstić information content (AvgIpc) is 3.60. The number of anilines is 2. The van der Waals surface area contributed by atoms with Crippen LogP contribution < -0.4 is 9.64 Å². The maximum absolute atomic E-state index is 6.94. The summed E-state index contributed by atoms with van der Waals surface area (Å²) < 4.78 is 12.7. The summed E-state index contributed by atoms with van der Waals surface area (Å²) in [5.74, 6) is 2.17. The second-order valence-corrected chi connectivity index (χ2v) is 17.5. The molecule has 0 saturated carbocycles. The normalized spacial score (nSPS) is 12.7. The maximum atomic E-state index is 6.94. The minimum atomic E-state index is -0.0699. The topological polar surface area (TPSA) is 35.2 Å². The van der Waals surface area contributed by atoms with Crippen LogP contribution in [0.25, 0.3) is 55.8 Å². The Hall–Kier alpha value is -6.55. The van der Waals surface area contributed by atoms with E-state index in [1.54, 1.807) is 0 Å². The van der Waals surface area contributed by atoms with Crippen LogP contribution in [0, 0.1) is 15.9 Å². The number of para-hydroxylation sites is 2. The molecule has 7 aromatic carbocycles. The molecule has 9 aromatic rings. The van der Waals surface area contributed by atoms with Gasteiger partial charge in [0.2, 0.25) is 0 Å². The van der Waals surface area contributed by atoms with E-state index in [2.05, 4.69) is 212 Å². The zero-order valence-corrected chi connectivity index (χ0v) is 36.7. The predicted molar refractivity (Wildman–Crippen MR) is 245 cm³/mol. The van der Waals surface area contributed by atoms with Crippen LogP contribution in [0.4, 0.5) is 11.5 Å². The van der Waals surface area contributed by atoms with E-state index in [1.165, 1.54) is 33.4 Å². The number of hydrogen-bond donors (Lipinski definition) is 0. The van der Waals surface area contributed by atoms with E-state index < -0.39 is 0 Å². The molecule has 0 N–H and O–H groups in total. The molecule has 1 aliphatic heterocycles. The first-order valence-corrected chi connectivity index (χ1v) is 22.0. The number of pyridine rings is 1. The molecule has 2 aromatic heterocycles. The number of fused-ring (bicyclic) bond motifs is 2. The van der Waals surface area contributed by atoms with Gasteiger partial charge in [0.15, 0.2) is 0 Å². The van der Waals surface area contributed by atoms with Crippen molar-refractivity contribution in [3.63, 3.8) is 0 Å². The monoisotopic (exact) mass is 971 g/mol. The third kappa shape index (κ3) is 7.38. The third-order valence-electron chi connectivity index (χ3n) is 11.5. The Bertz CT molecular complexity index is 3020. The van der Waals surface area contributed by atoms with Gasteiger partial charge < -0.3 is 0 Å². The standard InChI is InChI=1S/C55H44N4O.Pt/c1-55(2,3)43-34-47(40-21-9-5-10-22-40)54(48(35-43)41-23-11-6-12-24-41)59-38-58(49-28-13-14-29-50(49)59)44-26-17-27-45(36-44)60-52-37-51-42(33-46(52)39-19-7-4-8-20-39)25-18-32-57(51)53-30-15-16-31-56-53;/h4-17,19-24,26-31,33-35H,18,25,32H2,1-3H3;/q-2;. The van der Waals surface area contributed by atoms with E-state index in [1.807, 2.05) is 30.5 Å². The van der Waals surface area contributed by atoms with Crippen LogP contribution in [0.15, 0.2) is 176 Å². The molecule has 5 nitrogen and oxygen atoms in total. The Morgan fingerprint density at radius 3 is 1.80 bits per heavy atom. The number of ether oxygens (including phenoxy) is 1.